The molecule has 0 radical (unpaired) electrons. The van der Waals surface area contributed by atoms with Gasteiger partial charge in [-0.2, -0.15) is 0 Å². The van der Waals surface area contributed by atoms with Gasteiger partial charge >= 0.3 is 5.97 Å². The number of hydrogen-bond acceptors (Lipinski definition) is 4. The smallest absolute Gasteiger partial charge is 0.323 e. The number of rotatable bonds is 5. The van der Waals surface area contributed by atoms with E-state index in [2.05, 4.69) is 0 Å². The molecule has 4 heteroatoms. The summed E-state index contributed by atoms with van der Waals surface area (Å²) < 4.78 is 4.96. The Morgan fingerprint density at radius 2 is 2.06 bits per heavy atom. The molecule has 1 aliphatic carbocycles. The lowest BCUT2D eigenvalue weighted by molar-refractivity contribution is -0.149. The van der Waals surface area contributed by atoms with Crippen LogP contribution >= 0.6 is 0 Å². The number of esters is 1. The highest BCUT2D eigenvalue weighted by Gasteiger charge is 2.34. The second-order valence-electron chi connectivity index (χ2n) is 4.77. The van der Waals surface area contributed by atoms with Gasteiger partial charge in [0.05, 0.1) is 12.2 Å². The lowest BCUT2D eigenvalue weighted by Crippen LogP contribution is -2.46. The zero-order valence-electron chi connectivity index (χ0n) is 10.5. The lowest BCUT2D eigenvalue weighted by Gasteiger charge is -2.31. The number of likely N-dealkylation sites (N-methyl/N-ethyl adjacent to an activating group) is 1. The Hall–Kier alpha value is -0.610. The van der Waals surface area contributed by atoms with Crippen LogP contribution in [0.3, 0.4) is 0 Å². The van der Waals surface area contributed by atoms with Crippen LogP contribution in [0.1, 0.15) is 39.5 Å². The summed E-state index contributed by atoms with van der Waals surface area (Å²) in [6.45, 7) is 4.57. The third kappa shape index (κ3) is 3.46. The van der Waals surface area contributed by atoms with Crippen LogP contribution in [0.5, 0.6) is 0 Å². The zero-order chi connectivity index (χ0) is 12.2. The van der Waals surface area contributed by atoms with Crippen molar-refractivity contribution in [2.45, 2.75) is 51.2 Å². The van der Waals surface area contributed by atoms with E-state index in [0.717, 1.165) is 25.7 Å². The number of carbonyl (C=O) groups excluding carboxylic acids is 1. The van der Waals surface area contributed by atoms with Gasteiger partial charge in [0.1, 0.15) is 6.04 Å². The Balaban J connectivity index is 2.44. The van der Waals surface area contributed by atoms with E-state index in [9.17, 15) is 9.90 Å². The van der Waals surface area contributed by atoms with E-state index in [1.165, 1.54) is 0 Å². The molecule has 0 aliphatic heterocycles. The van der Waals surface area contributed by atoms with Crippen LogP contribution in [0.15, 0.2) is 0 Å². The number of nitrogens with zero attached hydrogens (tertiary/aromatic N) is 1. The maximum absolute atomic E-state index is 11.5. The molecular weight excluding hydrogens is 206 g/mol. The molecule has 0 amide bonds. The fourth-order valence-corrected chi connectivity index (χ4v) is 2.24. The van der Waals surface area contributed by atoms with E-state index in [1.807, 2.05) is 18.9 Å². The topological polar surface area (TPSA) is 49.8 Å². The molecule has 0 saturated heterocycles. The summed E-state index contributed by atoms with van der Waals surface area (Å²) in [5.74, 6) is -0.216. The maximum Gasteiger partial charge on any atom is 0.323 e. The first-order valence-electron chi connectivity index (χ1n) is 6.08. The van der Waals surface area contributed by atoms with Gasteiger partial charge in [-0.15, -0.1) is 0 Å². The molecule has 1 atom stereocenters. The van der Waals surface area contributed by atoms with Crippen molar-refractivity contribution in [1.29, 1.82) is 0 Å². The minimum atomic E-state index is -0.602. The van der Waals surface area contributed by atoms with Gasteiger partial charge < -0.3 is 9.84 Å². The van der Waals surface area contributed by atoms with Crippen molar-refractivity contribution in [2.75, 3.05) is 20.2 Å². The highest BCUT2D eigenvalue weighted by molar-refractivity contribution is 5.75. The van der Waals surface area contributed by atoms with E-state index in [-0.39, 0.29) is 12.0 Å². The lowest BCUT2D eigenvalue weighted by atomic mass is 10.0. The van der Waals surface area contributed by atoms with Gasteiger partial charge in [-0.05, 0) is 33.7 Å². The van der Waals surface area contributed by atoms with Crippen LogP contribution in [-0.4, -0.2) is 47.8 Å². The van der Waals surface area contributed by atoms with Crippen molar-refractivity contribution in [3.05, 3.63) is 0 Å². The molecule has 1 rings (SSSR count). The van der Waals surface area contributed by atoms with E-state index in [0.29, 0.717) is 13.2 Å². The summed E-state index contributed by atoms with van der Waals surface area (Å²) in [5.41, 5.74) is -0.602. The highest BCUT2D eigenvalue weighted by atomic mass is 16.5. The van der Waals surface area contributed by atoms with Gasteiger partial charge in [0.15, 0.2) is 0 Å². The first-order valence-corrected chi connectivity index (χ1v) is 6.08. The molecular formula is C12H23NO3. The normalized spacial score (nSPS) is 21.1. The van der Waals surface area contributed by atoms with Gasteiger partial charge in [-0.25, -0.2) is 0 Å². The average molecular weight is 229 g/mol. The van der Waals surface area contributed by atoms with Crippen molar-refractivity contribution < 1.29 is 14.6 Å². The Bertz CT molecular complexity index is 236. The molecule has 0 spiro atoms. The fraction of sp³-hybridized carbons (Fsp3) is 0.917. The summed E-state index contributed by atoms with van der Waals surface area (Å²) in [6.07, 6.45) is 3.84. The molecule has 0 aromatic carbocycles. The summed E-state index contributed by atoms with van der Waals surface area (Å²) >= 11 is 0. The van der Waals surface area contributed by atoms with Crippen molar-refractivity contribution in [1.82, 2.24) is 4.90 Å². The van der Waals surface area contributed by atoms with E-state index < -0.39 is 5.60 Å². The minimum absolute atomic E-state index is 0.216. The molecule has 0 aromatic rings. The van der Waals surface area contributed by atoms with Crippen LogP contribution in [0.25, 0.3) is 0 Å². The first kappa shape index (κ1) is 13.5. The van der Waals surface area contributed by atoms with E-state index in [1.54, 1.807) is 6.92 Å². The van der Waals surface area contributed by atoms with Gasteiger partial charge in [-0.3, -0.25) is 9.69 Å². The van der Waals surface area contributed by atoms with Crippen LogP contribution in [0, 0.1) is 0 Å². The maximum atomic E-state index is 11.5. The Kier molecular flexibility index (Phi) is 4.74. The van der Waals surface area contributed by atoms with Gasteiger partial charge in [0.2, 0.25) is 0 Å². The predicted molar refractivity (Wildman–Crippen MR) is 62.1 cm³/mol. The number of carbonyl (C=O) groups is 1. The number of ether oxygens (including phenoxy) is 1. The Labute approximate surface area is 97.6 Å². The van der Waals surface area contributed by atoms with E-state index >= 15 is 0 Å². The Morgan fingerprint density at radius 1 is 1.50 bits per heavy atom. The van der Waals surface area contributed by atoms with Crippen LogP contribution in [0.2, 0.25) is 0 Å². The van der Waals surface area contributed by atoms with E-state index in [4.69, 9.17) is 4.74 Å². The molecule has 0 aromatic heterocycles. The molecule has 1 fully saturated rings. The molecule has 0 bridgehead atoms. The summed E-state index contributed by atoms with van der Waals surface area (Å²) in [7, 11) is 1.86. The SMILES string of the molecule is CCOC(=O)C(C)N(C)CC1(O)CCCC1. The largest absolute Gasteiger partial charge is 0.465 e. The molecule has 16 heavy (non-hydrogen) atoms. The van der Waals surface area contributed by atoms with Crippen molar-refractivity contribution in [3.8, 4) is 0 Å². The molecule has 1 saturated carbocycles. The average Bonchev–Trinajstić information content (AvgIpc) is 2.64. The number of hydrogen-bond donors (Lipinski definition) is 1. The van der Waals surface area contributed by atoms with Crippen molar-refractivity contribution in [2.24, 2.45) is 0 Å². The highest BCUT2D eigenvalue weighted by Crippen LogP contribution is 2.30. The molecule has 94 valence electrons. The second-order valence-corrected chi connectivity index (χ2v) is 4.77. The van der Waals surface area contributed by atoms with Crippen LogP contribution < -0.4 is 0 Å². The Morgan fingerprint density at radius 3 is 2.56 bits per heavy atom. The van der Waals surface area contributed by atoms with Crippen molar-refractivity contribution >= 4 is 5.97 Å². The summed E-state index contributed by atoms with van der Waals surface area (Å²) in [6, 6.07) is -0.287. The second kappa shape index (κ2) is 5.64. The van der Waals surface area contributed by atoms with Crippen LogP contribution in [0.4, 0.5) is 0 Å². The quantitative estimate of drug-likeness (QED) is 0.719. The van der Waals surface area contributed by atoms with Crippen molar-refractivity contribution in [3.63, 3.8) is 0 Å². The minimum Gasteiger partial charge on any atom is -0.465 e. The zero-order valence-corrected chi connectivity index (χ0v) is 10.5. The molecule has 1 aliphatic rings. The fourth-order valence-electron chi connectivity index (χ4n) is 2.24. The van der Waals surface area contributed by atoms with Gasteiger partial charge in [0, 0.05) is 6.54 Å². The summed E-state index contributed by atoms with van der Waals surface area (Å²) in [4.78, 5) is 13.4. The third-order valence-corrected chi connectivity index (χ3v) is 3.37. The molecule has 4 nitrogen and oxygen atoms in total. The first-order chi connectivity index (χ1) is 7.48. The molecule has 1 N–H and O–H groups in total. The van der Waals surface area contributed by atoms with Gasteiger partial charge in [0.25, 0.3) is 0 Å². The predicted octanol–water partition coefficient (Wildman–Crippen LogP) is 1.17. The van der Waals surface area contributed by atoms with Crippen LogP contribution in [-0.2, 0) is 9.53 Å². The molecule has 1 unspecified atom stereocenters. The summed E-state index contributed by atoms with van der Waals surface area (Å²) in [5, 5.41) is 10.2. The third-order valence-electron chi connectivity index (χ3n) is 3.37. The number of aliphatic hydroxyl groups is 1. The monoisotopic (exact) mass is 229 g/mol. The standard InChI is InChI=1S/C12H23NO3/c1-4-16-11(14)10(2)13(3)9-12(15)7-5-6-8-12/h10,15H,4-9H2,1-3H3. The molecule has 0 heterocycles. The van der Waals surface area contributed by atoms with Gasteiger partial charge in [-0.1, -0.05) is 12.8 Å².